The van der Waals surface area contributed by atoms with Gasteiger partial charge in [-0.05, 0) is 68.7 Å². The number of ether oxygens (including phenoxy) is 3. The monoisotopic (exact) mass is 523 g/mol. The molecule has 0 aliphatic carbocycles. The summed E-state index contributed by atoms with van der Waals surface area (Å²) < 4.78 is 16.2. The Bertz CT molecular complexity index is 1190. The van der Waals surface area contributed by atoms with Gasteiger partial charge < -0.3 is 24.4 Å². The third-order valence-corrected chi connectivity index (χ3v) is 7.23. The first kappa shape index (κ1) is 26.5. The van der Waals surface area contributed by atoms with E-state index >= 15 is 0 Å². The van der Waals surface area contributed by atoms with Crippen molar-refractivity contribution in [1.29, 1.82) is 0 Å². The molecule has 1 N–H and O–H groups in total. The van der Waals surface area contributed by atoms with E-state index in [2.05, 4.69) is 10.3 Å². The fourth-order valence-corrected chi connectivity index (χ4v) is 5.25. The third-order valence-electron chi connectivity index (χ3n) is 6.22. The van der Waals surface area contributed by atoms with Crippen molar-refractivity contribution in [3.8, 4) is 17.2 Å². The number of aromatic nitrogens is 1. The molecule has 3 aromatic rings. The first-order valence-electron chi connectivity index (χ1n) is 12.4. The minimum Gasteiger partial charge on any atom is -0.497 e. The number of piperidine rings is 1. The van der Waals surface area contributed by atoms with Crippen LogP contribution in [0.1, 0.15) is 64.0 Å². The fourth-order valence-electron chi connectivity index (χ4n) is 4.28. The molecule has 4 rings (SSSR count). The third kappa shape index (κ3) is 6.80. The molecular formula is C28H33N3O5S. The number of hydrogen-bond acceptors (Lipinski definition) is 7. The van der Waals surface area contributed by atoms with E-state index in [1.165, 1.54) is 11.3 Å². The van der Waals surface area contributed by atoms with Crippen molar-refractivity contribution in [2.45, 2.75) is 45.3 Å². The molecule has 1 fully saturated rings. The van der Waals surface area contributed by atoms with Crippen molar-refractivity contribution >= 4 is 23.2 Å². The van der Waals surface area contributed by atoms with Gasteiger partial charge in [-0.15, -0.1) is 11.3 Å². The lowest BCUT2D eigenvalue weighted by Gasteiger charge is -2.31. The summed E-state index contributed by atoms with van der Waals surface area (Å²) in [6, 6.07) is 12.8. The average molecular weight is 524 g/mol. The van der Waals surface area contributed by atoms with Crippen molar-refractivity contribution in [3.63, 3.8) is 0 Å². The predicted octanol–water partition coefficient (Wildman–Crippen LogP) is 4.90. The molecule has 1 aliphatic rings. The van der Waals surface area contributed by atoms with Crippen molar-refractivity contribution in [1.82, 2.24) is 15.2 Å². The Labute approximate surface area is 221 Å². The quantitative estimate of drug-likeness (QED) is 0.429. The van der Waals surface area contributed by atoms with Gasteiger partial charge in [0.15, 0.2) is 0 Å². The standard InChI is InChI=1S/C28H33N3O5S/c1-18(2)36-22-7-5-21(6-8-22)28(33)31-11-9-20(10-12-31)27-30-25(17-37-27)26(32)29-16-19-13-23(34-3)15-24(14-19)35-4/h5-8,13-15,17-18,20H,9-12,16H2,1-4H3,(H,29,32). The lowest BCUT2D eigenvalue weighted by atomic mass is 9.97. The van der Waals surface area contributed by atoms with Gasteiger partial charge in [-0.1, -0.05) is 0 Å². The first-order valence-corrected chi connectivity index (χ1v) is 13.3. The number of nitrogens with one attached hydrogen (secondary N) is 1. The van der Waals surface area contributed by atoms with E-state index in [-0.39, 0.29) is 23.8 Å². The Kier molecular flexibility index (Phi) is 8.66. The maximum atomic E-state index is 12.9. The van der Waals surface area contributed by atoms with Crippen LogP contribution in [0, 0.1) is 0 Å². The number of carbonyl (C=O) groups excluding carboxylic acids is 2. The van der Waals surface area contributed by atoms with E-state index in [1.54, 1.807) is 25.7 Å². The topological polar surface area (TPSA) is 90.0 Å². The van der Waals surface area contributed by atoms with Crippen LogP contribution in [0.5, 0.6) is 17.2 Å². The van der Waals surface area contributed by atoms with Crippen LogP contribution >= 0.6 is 11.3 Å². The Morgan fingerprint density at radius 3 is 2.27 bits per heavy atom. The van der Waals surface area contributed by atoms with Gasteiger partial charge in [-0.3, -0.25) is 9.59 Å². The van der Waals surface area contributed by atoms with E-state index in [0.29, 0.717) is 42.4 Å². The summed E-state index contributed by atoms with van der Waals surface area (Å²) in [5.74, 6) is 2.14. The lowest BCUT2D eigenvalue weighted by Crippen LogP contribution is -2.37. The summed E-state index contributed by atoms with van der Waals surface area (Å²) >= 11 is 1.50. The highest BCUT2D eigenvalue weighted by Gasteiger charge is 2.27. The molecule has 9 heteroatoms. The van der Waals surface area contributed by atoms with Crippen LogP contribution in [-0.4, -0.2) is 55.1 Å². The van der Waals surface area contributed by atoms with Crippen molar-refractivity contribution in [2.24, 2.45) is 0 Å². The van der Waals surface area contributed by atoms with Crippen molar-refractivity contribution in [2.75, 3.05) is 27.3 Å². The van der Waals surface area contributed by atoms with Gasteiger partial charge in [-0.2, -0.15) is 0 Å². The zero-order valence-electron chi connectivity index (χ0n) is 21.7. The Hall–Kier alpha value is -3.59. The van der Waals surface area contributed by atoms with Crippen LogP contribution in [0.15, 0.2) is 47.8 Å². The van der Waals surface area contributed by atoms with Crippen molar-refractivity contribution < 1.29 is 23.8 Å². The maximum Gasteiger partial charge on any atom is 0.271 e. The number of carbonyl (C=O) groups is 2. The van der Waals surface area contributed by atoms with Gasteiger partial charge in [-0.25, -0.2) is 4.98 Å². The highest BCUT2D eigenvalue weighted by atomic mass is 32.1. The number of hydrogen-bond donors (Lipinski definition) is 1. The SMILES string of the molecule is COc1cc(CNC(=O)c2csc(C3CCN(C(=O)c4ccc(OC(C)C)cc4)CC3)n2)cc(OC)c1. The molecule has 0 bridgehead atoms. The number of amides is 2. The van der Waals surface area contributed by atoms with Gasteiger partial charge in [0, 0.05) is 42.6 Å². The number of nitrogens with zero attached hydrogens (tertiary/aromatic N) is 2. The number of thiazole rings is 1. The zero-order chi connectivity index (χ0) is 26.4. The molecule has 196 valence electrons. The predicted molar refractivity (Wildman–Crippen MR) is 143 cm³/mol. The smallest absolute Gasteiger partial charge is 0.271 e. The van der Waals surface area contributed by atoms with Gasteiger partial charge in [0.2, 0.25) is 0 Å². The molecule has 37 heavy (non-hydrogen) atoms. The maximum absolute atomic E-state index is 12.9. The average Bonchev–Trinajstić information content (AvgIpc) is 3.42. The molecule has 1 aromatic heterocycles. The van der Waals surface area contributed by atoms with Gasteiger partial charge >= 0.3 is 0 Å². The number of methoxy groups -OCH3 is 2. The second kappa shape index (κ2) is 12.1. The Balaban J connectivity index is 1.29. The summed E-state index contributed by atoms with van der Waals surface area (Å²) in [5.41, 5.74) is 1.95. The lowest BCUT2D eigenvalue weighted by molar-refractivity contribution is 0.0713. The molecular weight excluding hydrogens is 490 g/mol. The Morgan fingerprint density at radius 1 is 1.03 bits per heavy atom. The number of rotatable bonds is 9. The van der Waals surface area contributed by atoms with E-state index < -0.39 is 0 Å². The molecule has 0 atom stereocenters. The van der Waals surface area contributed by atoms with Gasteiger partial charge in [0.05, 0.1) is 25.3 Å². The molecule has 0 unspecified atom stereocenters. The normalized spacial score (nSPS) is 13.9. The van der Waals surface area contributed by atoms with E-state index in [9.17, 15) is 9.59 Å². The minimum absolute atomic E-state index is 0.0305. The summed E-state index contributed by atoms with van der Waals surface area (Å²) in [4.78, 5) is 32.2. The summed E-state index contributed by atoms with van der Waals surface area (Å²) in [5, 5.41) is 5.66. The fraction of sp³-hybridized carbons (Fsp3) is 0.393. The molecule has 1 saturated heterocycles. The highest BCUT2D eigenvalue weighted by molar-refractivity contribution is 7.09. The second-order valence-corrected chi connectivity index (χ2v) is 10.1. The molecule has 0 radical (unpaired) electrons. The minimum atomic E-state index is -0.221. The van der Waals surface area contributed by atoms with Crippen LogP contribution in [0.4, 0.5) is 0 Å². The summed E-state index contributed by atoms with van der Waals surface area (Å²) in [7, 11) is 3.18. The van der Waals surface area contributed by atoms with E-state index in [1.807, 2.05) is 55.1 Å². The molecule has 2 heterocycles. The largest absolute Gasteiger partial charge is 0.497 e. The molecule has 8 nitrogen and oxygen atoms in total. The van der Waals surface area contributed by atoms with Crippen LogP contribution in [0.2, 0.25) is 0 Å². The van der Waals surface area contributed by atoms with Crippen LogP contribution in [0.3, 0.4) is 0 Å². The van der Waals surface area contributed by atoms with E-state index in [0.717, 1.165) is 29.2 Å². The molecule has 2 amide bonds. The van der Waals surface area contributed by atoms with Crippen molar-refractivity contribution in [3.05, 3.63) is 69.7 Å². The first-order chi connectivity index (χ1) is 17.9. The second-order valence-electron chi connectivity index (χ2n) is 9.23. The molecule has 1 aliphatic heterocycles. The van der Waals surface area contributed by atoms with Crippen LogP contribution < -0.4 is 19.5 Å². The van der Waals surface area contributed by atoms with Gasteiger partial charge in [0.25, 0.3) is 11.8 Å². The van der Waals surface area contributed by atoms with Crippen LogP contribution in [0.25, 0.3) is 0 Å². The van der Waals surface area contributed by atoms with Crippen LogP contribution in [-0.2, 0) is 6.54 Å². The Morgan fingerprint density at radius 2 is 1.68 bits per heavy atom. The summed E-state index contributed by atoms with van der Waals surface area (Å²) in [6.45, 7) is 5.60. The molecule has 0 saturated carbocycles. The number of benzene rings is 2. The zero-order valence-corrected chi connectivity index (χ0v) is 22.5. The summed E-state index contributed by atoms with van der Waals surface area (Å²) in [6.07, 6.45) is 1.73. The van der Waals surface area contributed by atoms with Gasteiger partial charge in [0.1, 0.15) is 22.9 Å². The molecule has 2 aromatic carbocycles. The number of likely N-dealkylation sites (tertiary alicyclic amines) is 1. The van der Waals surface area contributed by atoms with E-state index in [4.69, 9.17) is 14.2 Å². The molecule has 0 spiro atoms. The highest BCUT2D eigenvalue weighted by Crippen LogP contribution is 2.31.